The number of hydrogen-bond acceptors (Lipinski definition) is 3. The molecule has 0 amide bonds. The molecule has 0 saturated carbocycles. The van der Waals surface area contributed by atoms with E-state index in [0.29, 0.717) is 6.54 Å². The Hall–Kier alpha value is -2.17. The predicted molar refractivity (Wildman–Crippen MR) is 57.1 cm³/mol. The summed E-state index contributed by atoms with van der Waals surface area (Å²) >= 11 is 0. The number of carboxylic acids is 1. The molecule has 0 fully saturated rings. The Kier molecular flexibility index (Phi) is 2.95. The lowest BCUT2D eigenvalue weighted by Crippen LogP contribution is -2.11. The van der Waals surface area contributed by atoms with Crippen LogP contribution < -0.4 is 0 Å². The summed E-state index contributed by atoms with van der Waals surface area (Å²) in [4.78, 5) is 14.7. The van der Waals surface area contributed by atoms with Crippen LogP contribution in [0.25, 0.3) is 0 Å². The van der Waals surface area contributed by atoms with Gasteiger partial charge in [0.15, 0.2) is 0 Å². The lowest BCUT2D eigenvalue weighted by molar-refractivity contribution is 0.0683. The minimum absolute atomic E-state index is 0.217. The third-order valence-corrected chi connectivity index (χ3v) is 2.30. The topological polar surface area (TPSA) is 68.0 Å². The quantitative estimate of drug-likeness (QED) is 0.836. The fraction of sp³-hybridized carbons (Fsp3) is 0.182. The van der Waals surface area contributed by atoms with Crippen LogP contribution >= 0.6 is 0 Å². The highest BCUT2D eigenvalue weighted by Gasteiger charge is 2.09. The van der Waals surface area contributed by atoms with E-state index in [1.807, 2.05) is 12.1 Å². The average molecular weight is 217 g/mol. The molecule has 0 aliphatic heterocycles. The molecule has 5 heteroatoms. The van der Waals surface area contributed by atoms with Crippen LogP contribution in [0.3, 0.4) is 0 Å². The van der Waals surface area contributed by atoms with Gasteiger partial charge in [0.1, 0.15) is 5.69 Å². The zero-order chi connectivity index (χ0) is 11.4. The first-order valence-corrected chi connectivity index (χ1v) is 4.91. The molecule has 0 unspecified atom stereocenters. The summed E-state index contributed by atoms with van der Waals surface area (Å²) in [5.41, 5.74) is 1.33. The number of pyridine rings is 1. The average Bonchev–Trinajstić information content (AvgIpc) is 2.76. The van der Waals surface area contributed by atoms with E-state index in [0.717, 1.165) is 12.0 Å². The molecule has 2 aromatic heterocycles. The zero-order valence-corrected chi connectivity index (χ0v) is 8.58. The number of hydrogen-bond donors (Lipinski definition) is 1. The lowest BCUT2D eigenvalue weighted by atomic mass is 10.2. The minimum Gasteiger partial charge on any atom is -0.477 e. The van der Waals surface area contributed by atoms with Crippen LogP contribution in [0.5, 0.6) is 0 Å². The van der Waals surface area contributed by atoms with Crippen LogP contribution in [0, 0.1) is 0 Å². The molecular formula is C11H11N3O2. The SMILES string of the molecule is O=C(O)c1ccnn1CCc1ccncc1. The minimum atomic E-state index is -0.952. The molecule has 0 spiro atoms. The zero-order valence-electron chi connectivity index (χ0n) is 8.58. The lowest BCUT2D eigenvalue weighted by Gasteiger charge is -2.04. The molecule has 0 atom stereocenters. The van der Waals surface area contributed by atoms with E-state index in [1.165, 1.54) is 16.9 Å². The second-order valence-corrected chi connectivity index (χ2v) is 3.35. The van der Waals surface area contributed by atoms with Crippen molar-refractivity contribution in [3.05, 3.63) is 48.0 Å². The highest BCUT2D eigenvalue weighted by molar-refractivity contribution is 5.85. The molecule has 0 bridgehead atoms. The molecule has 16 heavy (non-hydrogen) atoms. The standard InChI is InChI=1S/C11H11N3O2/c15-11(16)10-3-7-13-14(10)8-4-9-1-5-12-6-2-9/h1-3,5-7H,4,8H2,(H,15,16). The fourth-order valence-electron chi connectivity index (χ4n) is 1.48. The maximum atomic E-state index is 10.8. The maximum absolute atomic E-state index is 10.8. The van der Waals surface area contributed by atoms with Gasteiger partial charge in [-0.05, 0) is 30.2 Å². The second-order valence-electron chi connectivity index (χ2n) is 3.35. The number of aromatic carboxylic acids is 1. The van der Waals surface area contributed by atoms with Crippen molar-refractivity contribution < 1.29 is 9.90 Å². The van der Waals surface area contributed by atoms with Crippen LogP contribution in [0.1, 0.15) is 16.1 Å². The van der Waals surface area contributed by atoms with Gasteiger partial charge in [0.05, 0.1) is 0 Å². The van der Waals surface area contributed by atoms with Crippen LogP contribution in [-0.4, -0.2) is 25.8 Å². The number of carboxylic acid groups (broad SMARTS) is 1. The van der Waals surface area contributed by atoms with E-state index >= 15 is 0 Å². The monoisotopic (exact) mass is 217 g/mol. The van der Waals surface area contributed by atoms with Crippen LogP contribution in [0.15, 0.2) is 36.8 Å². The van der Waals surface area contributed by atoms with Gasteiger partial charge in [-0.15, -0.1) is 0 Å². The highest BCUT2D eigenvalue weighted by atomic mass is 16.4. The number of rotatable bonds is 4. The van der Waals surface area contributed by atoms with Crippen LogP contribution in [0.4, 0.5) is 0 Å². The van der Waals surface area contributed by atoms with E-state index in [-0.39, 0.29) is 5.69 Å². The van der Waals surface area contributed by atoms with Crippen molar-refractivity contribution in [3.63, 3.8) is 0 Å². The van der Waals surface area contributed by atoms with Crippen molar-refractivity contribution in [1.29, 1.82) is 0 Å². The Morgan fingerprint density at radius 1 is 1.25 bits per heavy atom. The highest BCUT2D eigenvalue weighted by Crippen LogP contribution is 2.03. The van der Waals surface area contributed by atoms with E-state index in [4.69, 9.17) is 5.11 Å². The van der Waals surface area contributed by atoms with E-state index in [9.17, 15) is 4.79 Å². The van der Waals surface area contributed by atoms with Crippen LogP contribution in [0.2, 0.25) is 0 Å². The summed E-state index contributed by atoms with van der Waals surface area (Å²) in [5, 5.41) is 12.9. The summed E-state index contributed by atoms with van der Waals surface area (Å²) in [6, 6.07) is 5.31. The number of aromatic nitrogens is 3. The fourth-order valence-corrected chi connectivity index (χ4v) is 1.48. The van der Waals surface area contributed by atoms with E-state index in [1.54, 1.807) is 12.4 Å². The largest absolute Gasteiger partial charge is 0.477 e. The Labute approximate surface area is 92.4 Å². The van der Waals surface area contributed by atoms with Crippen molar-refractivity contribution >= 4 is 5.97 Å². The van der Waals surface area contributed by atoms with Gasteiger partial charge in [-0.2, -0.15) is 5.10 Å². The molecule has 0 saturated heterocycles. The number of aryl methyl sites for hydroxylation is 2. The molecular weight excluding hydrogens is 206 g/mol. The summed E-state index contributed by atoms with van der Waals surface area (Å²) in [6.45, 7) is 0.554. The number of carbonyl (C=O) groups is 1. The van der Waals surface area contributed by atoms with Crippen molar-refractivity contribution in [3.8, 4) is 0 Å². The van der Waals surface area contributed by atoms with Crippen molar-refractivity contribution in [1.82, 2.24) is 14.8 Å². The molecule has 2 heterocycles. The first kappa shape index (κ1) is 10.4. The van der Waals surface area contributed by atoms with Crippen molar-refractivity contribution in [2.24, 2.45) is 0 Å². The van der Waals surface area contributed by atoms with Gasteiger partial charge < -0.3 is 5.11 Å². The van der Waals surface area contributed by atoms with Crippen molar-refractivity contribution in [2.75, 3.05) is 0 Å². The van der Waals surface area contributed by atoms with Crippen molar-refractivity contribution in [2.45, 2.75) is 13.0 Å². The van der Waals surface area contributed by atoms with Gasteiger partial charge in [0, 0.05) is 25.1 Å². The maximum Gasteiger partial charge on any atom is 0.354 e. The summed E-state index contributed by atoms with van der Waals surface area (Å²) < 4.78 is 1.49. The Morgan fingerprint density at radius 2 is 2.00 bits per heavy atom. The molecule has 1 N–H and O–H groups in total. The van der Waals surface area contributed by atoms with E-state index in [2.05, 4.69) is 10.1 Å². The third kappa shape index (κ3) is 2.25. The molecule has 82 valence electrons. The summed E-state index contributed by atoms with van der Waals surface area (Å²) in [6.07, 6.45) is 5.67. The normalized spacial score (nSPS) is 10.2. The van der Waals surface area contributed by atoms with E-state index < -0.39 is 5.97 Å². The molecule has 2 aromatic rings. The van der Waals surface area contributed by atoms with Crippen LogP contribution in [-0.2, 0) is 13.0 Å². The number of nitrogens with zero attached hydrogens (tertiary/aromatic N) is 3. The molecule has 0 radical (unpaired) electrons. The van der Waals surface area contributed by atoms with Gasteiger partial charge in [-0.3, -0.25) is 9.67 Å². The molecule has 0 aliphatic rings. The second kappa shape index (κ2) is 4.57. The smallest absolute Gasteiger partial charge is 0.354 e. The Balaban J connectivity index is 2.05. The van der Waals surface area contributed by atoms with Gasteiger partial charge in [0.25, 0.3) is 0 Å². The molecule has 2 rings (SSSR count). The first-order chi connectivity index (χ1) is 7.77. The molecule has 0 aromatic carbocycles. The Bertz CT molecular complexity index is 479. The predicted octanol–water partition coefficient (Wildman–Crippen LogP) is 1.22. The molecule has 5 nitrogen and oxygen atoms in total. The van der Waals surface area contributed by atoms with Gasteiger partial charge >= 0.3 is 5.97 Å². The van der Waals surface area contributed by atoms with Gasteiger partial charge in [-0.25, -0.2) is 4.79 Å². The summed E-state index contributed by atoms with van der Waals surface area (Å²) in [7, 11) is 0. The van der Waals surface area contributed by atoms with Gasteiger partial charge in [-0.1, -0.05) is 0 Å². The summed E-state index contributed by atoms with van der Waals surface area (Å²) in [5.74, 6) is -0.952. The van der Waals surface area contributed by atoms with Gasteiger partial charge in [0.2, 0.25) is 0 Å². The molecule has 0 aliphatic carbocycles. The first-order valence-electron chi connectivity index (χ1n) is 4.91. The Morgan fingerprint density at radius 3 is 2.69 bits per heavy atom. The third-order valence-electron chi connectivity index (χ3n) is 2.30.